The van der Waals surface area contributed by atoms with Crippen molar-refractivity contribution in [3.8, 4) is 0 Å². The number of aryl methyl sites for hydroxylation is 1. The molecule has 0 aliphatic carbocycles. The quantitative estimate of drug-likeness (QED) is 0.749. The zero-order valence-electron chi connectivity index (χ0n) is 9.30. The van der Waals surface area contributed by atoms with Gasteiger partial charge in [-0.2, -0.15) is 4.79 Å². The third-order valence-corrected chi connectivity index (χ3v) is 2.79. The molecular formula is C11H16N4O. The number of aromatic nitrogens is 3. The van der Waals surface area contributed by atoms with Gasteiger partial charge in [-0.1, -0.05) is 19.1 Å². The first-order valence-corrected chi connectivity index (χ1v) is 5.48. The van der Waals surface area contributed by atoms with E-state index in [0.29, 0.717) is 0 Å². The lowest BCUT2D eigenvalue weighted by molar-refractivity contribution is 0.161. The van der Waals surface area contributed by atoms with E-state index in [2.05, 4.69) is 10.3 Å². The SMILES string of the molecule is CCC(O)CCc1cccc2nnn(N)c12. The molecule has 5 nitrogen and oxygen atoms in total. The Balaban J connectivity index is 2.26. The lowest BCUT2D eigenvalue weighted by Crippen LogP contribution is -2.12. The molecule has 1 heterocycles. The number of aliphatic hydroxyl groups excluding tert-OH is 1. The average molecular weight is 220 g/mol. The fourth-order valence-corrected chi connectivity index (χ4v) is 1.79. The molecule has 2 rings (SSSR count). The Kier molecular flexibility index (Phi) is 3.05. The number of aliphatic hydroxyl groups is 1. The summed E-state index contributed by atoms with van der Waals surface area (Å²) in [7, 11) is 0. The van der Waals surface area contributed by atoms with Gasteiger partial charge in [0.15, 0.2) is 0 Å². The van der Waals surface area contributed by atoms with E-state index in [1.54, 1.807) is 0 Å². The number of para-hydroxylation sites is 1. The molecule has 0 saturated carbocycles. The van der Waals surface area contributed by atoms with Crippen molar-refractivity contribution in [1.29, 1.82) is 0 Å². The molecule has 0 radical (unpaired) electrons. The molecule has 0 aliphatic heterocycles. The lowest BCUT2D eigenvalue weighted by atomic mass is 10.0. The van der Waals surface area contributed by atoms with Gasteiger partial charge in [0.25, 0.3) is 0 Å². The summed E-state index contributed by atoms with van der Waals surface area (Å²) in [6, 6.07) is 5.81. The predicted molar refractivity (Wildman–Crippen MR) is 62.3 cm³/mol. The van der Waals surface area contributed by atoms with Crippen molar-refractivity contribution < 1.29 is 5.11 Å². The molecule has 1 atom stereocenters. The molecule has 0 amide bonds. The van der Waals surface area contributed by atoms with Gasteiger partial charge < -0.3 is 10.9 Å². The number of hydrogen-bond donors (Lipinski definition) is 2. The summed E-state index contributed by atoms with van der Waals surface area (Å²) in [6.45, 7) is 1.97. The number of nitrogens with zero attached hydrogens (tertiary/aromatic N) is 3. The van der Waals surface area contributed by atoms with Gasteiger partial charge in [0, 0.05) is 0 Å². The Hall–Kier alpha value is -1.62. The Labute approximate surface area is 93.8 Å². The largest absolute Gasteiger partial charge is 0.393 e. The minimum absolute atomic E-state index is 0.252. The van der Waals surface area contributed by atoms with Gasteiger partial charge in [0.1, 0.15) is 11.0 Å². The van der Waals surface area contributed by atoms with Crippen LogP contribution in [0.1, 0.15) is 25.3 Å². The Morgan fingerprint density at radius 2 is 2.31 bits per heavy atom. The maximum absolute atomic E-state index is 9.54. The third-order valence-electron chi connectivity index (χ3n) is 2.79. The molecule has 3 N–H and O–H groups in total. The van der Waals surface area contributed by atoms with Gasteiger partial charge in [-0.3, -0.25) is 0 Å². The molecule has 0 spiro atoms. The Morgan fingerprint density at radius 1 is 1.50 bits per heavy atom. The zero-order chi connectivity index (χ0) is 11.5. The van der Waals surface area contributed by atoms with Crippen LogP contribution in [0.25, 0.3) is 11.0 Å². The molecule has 86 valence electrons. The monoisotopic (exact) mass is 220 g/mol. The topological polar surface area (TPSA) is 77.0 Å². The summed E-state index contributed by atoms with van der Waals surface area (Å²) in [5.74, 6) is 5.70. The maximum Gasteiger partial charge on any atom is 0.115 e. The van der Waals surface area contributed by atoms with Crippen molar-refractivity contribution in [2.24, 2.45) is 0 Å². The first-order chi connectivity index (χ1) is 7.72. The van der Waals surface area contributed by atoms with Crippen molar-refractivity contribution in [3.05, 3.63) is 23.8 Å². The van der Waals surface area contributed by atoms with Crippen molar-refractivity contribution in [1.82, 2.24) is 15.1 Å². The van der Waals surface area contributed by atoms with E-state index in [1.165, 1.54) is 4.79 Å². The summed E-state index contributed by atoms with van der Waals surface area (Å²) in [4.78, 5) is 1.29. The van der Waals surface area contributed by atoms with Gasteiger partial charge in [0.05, 0.1) is 6.10 Å². The van der Waals surface area contributed by atoms with E-state index >= 15 is 0 Å². The van der Waals surface area contributed by atoms with Gasteiger partial charge in [-0.15, -0.1) is 5.10 Å². The van der Waals surface area contributed by atoms with E-state index < -0.39 is 0 Å². The molecular weight excluding hydrogens is 204 g/mol. The number of fused-ring (bicyclic) bond motifs is 1. The molecule has 0 fully saturated rings. The third kappa shape index (κ3) is 1.99. The molecule has 1 aromatic carbocycles. The highest BCUT2D eigenvalue weighted by molar-refractivity contribution is 5.78. The zero-order valence-corrected chi connectivity index (χ0v) is 9.30. The van der Waals surface area contributed by atoms with E-state index in [9.17, 15) is 5.11 Å². The summed E-state index contributed by atoms with van der Waals surface area (Å²) in [5.41, 5.74) is 2.73. The molecule has 0 aliphatic rings. The second kappa shape index (κ2) is 4.49. The van der Waals surface area contributed by atoms with E-state index in [1.807, 2.05) is 25.1 Å². The van der Waals surface area contributed by atoms with Crippen LogP contribution in [-0.2, 0) is 6.42 Å². The van der Waals surface area contributed by atoms with Crippen LogP contribution in [0, 0.1) is 0 Å². The second-order valence-electron chi connectivity index (χ2n) is 3.92. The van der Waals surface area contributed by atoms with Crippen LogP contribution in [0.4, 0.5) is 0 Å². The van der Waals surface area contributed by atoms with Gasteiger partial charge >= 0.3 is 0 Å². The Bertz CT molecular complexity index is 480. The average Bonchev–Trinajstić information content (AvgIpc) is 2.69. The van der Waals surface area contributed by atoms with Crippen LogP contribution >= 0.6 is 0 Å². The molecule has 5 heteroatoms. The van der Waals surface area contributed by atoms with Crippen LogP contribution in [0.3, 0.4) is 0 Å². The van der Waals surface area contributed by atoms with Crippen LogP contribution in [0.15, 0.2) is 18.2 Å². The van der Waals surface area contributed by atoms with Crippen molar-refractivity contribution in [2.75, 3.05) is 5.84 Å². The highest BCUT2D eigenvalue weighted by Gasteiger charge is 2.09. The predicted octanol–water partition coefficient (Wildman–Crippen LogP) is 0.849. The first kappa shape index (κ1) is 10.9. The summed E-state index contributed by atoms with van der Waals surface area (Å²) < 4.78 is 0. The molecule has 0 bridgehead atoms. The van der Waals surface area contributed by atoms with Crippen LogP contribution in [-0.4, -0.2) is 26.3 Å². The number of hydrogen-bond acceptors (Lipinski definition) is 4. The molecule has 1 unspecified atom stereocenters. The minimum Gasteiger partial charge on any atom is -0.393 e. The fraction of sp³-hybridized carbons (Fsp3) is 0.455. The normalized spacial score (nSPS) is 13.1. The van der Waals surface area contributed by atoms with Gasteiger partial charge in [-0.05, 0) is 36.1 Å². The molecule has 0 saturated heterocycles. The summed E-state index contributed by atoms with van der Waals surface area (Å²) in [6.07, 6.45) is 2.05. The van der Waals surface area contributed by atoms with E-state index in [4.69, 9.17) is 5.84 Å². The molecule has 16 heavy (non-hydrogen) atoms. The smallest absolute Gasteiger partial charge is 0.115 e. The van der Waals surface area contributed by atoms with Gasteiger partial charge in [0.2, 0.25) is 0 Å². The summed E-state index contributed by atoms with van der Waals surface area (Å²) >= 11 is 0. The van der Waals surface area contributed by atoms with Crippen molar-refractivity contribution in [3.63, 3.8) is 0 Å². The van der Waals surface area contributed by atoms with Crippen LogP contribution < -0.4 is 5.84 Å². The highest BCUT2D eigenvalue weighted by Crippen LogP contribution is 2.17. The highest BCUT2D eigenvalue weighted by atomic mass is 16.3. The molecule has 1 aromatic heterocycles. The lowest BCUT2D eigenvalue weighted by Gasteiger charge is -2.08. The van der Waals surface area contributed by atoms with Crippen molar-refractivity contribution >= 4 is 11.0 Å². The van der Waals surface area contributed by atoms with Crippen LogP contribution in [0.2, 0.25) is 0 Å². The molecule has 2 aromatic rings. The number of nitrogen functional groups attached to an aromatic ring is 1. The summed E-state index contributed by atoms with van der Waals surface area (Å²) in [5, 5.41) is 17.3. The maximum atomic E-state index is 9.54. The first-order valence-electron chi connectivity index (χ1n) is 5.48. The minimum atomic E-state index is -0.252. The second-order valence-corrected chi connectivity index (χ2v) is 3.92. The number of rotatable bonds is 4. The Morgan fingerprint density at radius 3 is 3.06 bits per heavy atom. The number of benzene rings is 1. The fourth-order valence-electron chi connectivity index (χ4n) is 1.79. The number of nitrogens with two attached hydrogens (primary N) is 1. The standard InChI is InChI=1S/C11H16N4O/c1-2-9(16)7-6-8-4-3-5-10-11(8)15(12)14-13-10/h3-5,9,16H,2,6-7,12H2,1H3. The van der Waals surface area contributed by atoms with E-state index in [0.717, 1.165) is 35.9 Å². The van der Waals surface area contributed by atoms with Crippen LogP contribution in [0.5, 0.6) is 0 Å². The van der Waals surface area contributed by atoms with Gasteiger partial charge in [-0.25, -0.2) is 0 Å². The van der Waals surface area contributed by atoms with E-state index in [-0.39, 0.29) is 6.10 Å². The van der Waals surface area contributed by atoms with Crippen molar-refractivity contribution in [2.45, 2.75) is 32.3 Å².